The van der Waals surface area contributed by atoms with Gasteiger partial charge in [-0.2, -0.15) is 0 Å². The highest BCUT2D eigenvalue weighted by Gasteiger charge is 2.16. The van der Waals surface area contributed by atoms with E-state index in [1.54, 1.807) is 0 Å². The number of hydrogen-bond donors (Lipinski definition) is 2. The lowest BCUT2D eigenvalue weighted by atomic mass is 10.1. The number of rotatable bonds is 9. The van der Waals surface area contributed by atoms with Crippen LogP contribution in [0.1, 0.15) is 33.6 Å². The first-order chi connectivity index (χ1) is 13.3. The Bertz CT molecular complexity index is 963. The fourth-order valence-electron chi connectivity index (χ4n) is 2.47. The van der Waals surface area contributed by atoms with E-state index in [0.717, 1.165) is 18.4 Å². The zero-order chi connectivity index (χ0) is 20.7. The van der Waals surface area contributed by atoms with Crippen LogP contribution >= 0.6 is 0 Å². The monoisotopic (exact) mass is 388 g/mol. The number of carboxylic acids is 1. The highest BCUT2D eigenvalue weighted by Crippen LogP contribution is 2.33. The number of aliphatic carboxylic acids is 1. The number of benzene rings is 1. The second-order valence-corrected chi connectivity index (χ2v) is 6.59. The minimum Gasteiger partial charge on any atom is -0.504 e. The molecule has 0 aliphatic carbocycles. The normalized spacial score (nSPS) is 11.3. The van der Waals surface area contributed by atoms with Gasteiger partial charge in [-0.05, 0) is 51.8 Å². The van der Waals surface area contributed by atoms with Gasteiger partial charge in [-0.15, -0.1) is 0 Å². The van der Waals surface area contributed by atoms with E-state index in [-0.39, 0.29) is 34.8 Å². The summed E-state index contributed by atoms with van der Waals surface area (Å²) in [4.78, 5) is 22.7. The van der Waals surface area contributed by atoms with E-state index >= 15 is 0 Å². The van der Waals surface area contributed by atoms with Crippen molar-refractivity contribution in [3.63, 3.8) is 0 Å². The van der Waals surface area contributed by atoms with E-state index in [2.05, 4.69) is 6.08 Å². The van der Waals surface area contributed by atoms with E-state index < -0.39 is 18.2 Å². The molecule has 0 saturated heterocycles. The minimum absolute atomic E-state index is 0.0752. The van der Waals surface area contributed by atoms with Gasteiger partial charge >= 0.3 is 11.6 Å². The molecule has 0 amide bonds. The van der Waals surface area contributed by atoms with Crippen molar-refractivity contribution in [2.75, 3.05) is 13.2 Å². The molecule has 2 rings (SSSR count). The van der Waals surface area contributed by atoms with Gasteiger partial charge in [-0.3, -0.25) is 0 Å². The third-order valence-corrected chi connectivity index (χ3v) is 3.92. The van der Waals surface area contributed by atoms with E-state index in [1.165, 1.54) is 23.8 Å². The van der Waals surface area contributed by atoms with Crippen molar-refractivity contribution in [1.82, 2.24) is 0 Å². The lowest BCUT2D eigenvalue weighted by Crippen LogP contribution is -2.10. The van der Waals surface area contributed by atoms with E-state index in [1.807, 2.05) is 26.8 Å². The average molecular weight is 388 g/mol. The Morgan fingerprint density at radius 2 is 1.93 bits per heavy atom. The van der Waals surface area contributed by atoms with Crippen molar-refractivity contribution in [3.05, 3.63) is 51.9 Å². The molecular formula is C21H24O7. The van der Waals surface area contributed by atoms with Crippen LogP contribution < -0.4 is 15.1 Å². The zero-order valence-electron chi connectivity index (χ0n) is 16.2. The summed E-state index contributed by atoms with van der Waals surface area (Å²) >= 11 is 0. The number of aromatic hydroxyl groups is 1. The van der Waals surface area contributed by atoms with Crippen molar-refractivity contribution in [2.24, 2.45) is 0 Å². The summed E-state index contributed by atoms with van der Waals surface area (Å²) in [6, 6.07) is 4.29. The fraction of sp³-hybridized carbons (Fsp3) is 0.333. The van der Waals surface area contributed by atoms with Crippen molar-refractivity contribution in [1.29, 1.82) is 0 Å². The standard InChI is InChI=1S/C21H24O7/c1-13(2)5-4-6-14(3)9-10-26-20-19(24)16-8-7-15(27-12-18(22)23)11-17(16)28-21(20)25/h5,7-9,11,24H,4,6,10,12H2,1-3H3,(H,22,23)/b14-9+. The molecule has 0 unspecified atom stereocenters. The molecular weight excluding hydrogens is 364 g/mol. The van der Waals surface area contributed by atoms with Crippen molar-refractivity contribution in [3.8, 4) is 17.2 Å². The Morgan fingerprint density at radius 1 is 1.18 bits per heavy atom. The molecule has 0 aliphatic heterocycles. The third-order valence-electron chi connectivity index (χ3n) is 3.92. The second-order valence-electron chi connectivity index (χ2n) is 6.59. The third kappa shape index (κ3) is 5.90. The van der Waals surface area contributed by atoms with Crippen LogP contribution in [0, 0.1) is 0 Å². The first kappa shape index (κ1) is 21.1. The maximum atomic E-state index is 12.1. The molecule has 1 aromatic carbocycles. The molecule has 7 nitrogen and oxygen atoms in total. The summed E-state index contributed by atoms with van der Waals surface area (Å²) in [5.74, 6) is -1.51. The number of carboxylic acid groups (broad SMARTS) is 1. The topological polar surface area (TPSA) is 106 Å². The number of carbonyl (C=O) groups is 1. The maximum absolute atomic E-state index is 12.1. The Balaban J connectivity index is 2.13. The summed E-state index contributed by atoms with van der Waals surface area (Å²) in [5, 5.41) is 19.3. The molecule has 0 spiro atoms. The lowest BCUT2D eigenvalue weighted by Gasteiger charge is -2.09. The summed E-state index contributed by atoms with van der Waals surface area (Å²) < 4.78 is 15.6. The summed E-state index contributed by atoms with van der Waals surface area (Å²) in [6.07, 6.45) is 5.81. The Hall–Kier alpha value is -3.22. The van der Waals surface area contributed by atoms with Crippen LogP contribution in [0.15, 0.2) is 50.7 Å². The molecule has 0 atom stereocenters. The number of allylic oxidation sites excluding steroid dienone is 3. The van der Waals surface area contributed by atoms with Gasteiger partial charge < -0.3 is 24.1 Å². The predicted octanol–water partition coefficient (Wildman–Crippen LogP) is 4.03. The van der Waals surface area contributed by atoms with Crippen molar-refractivity contribution >= 4 is 16.9 Å². The molecule has 150 valence electrons. The number of fused-ring (bicyclic) bond motifs is 1. The van der Waals surface area contributed by atoms with Crippen LogP contribution in [0.5, 0.6) is 17.2 Å². The molecule has 2 N–H and O–H groups in total. The lowest BCUT2D eigenvalue weighted by molar-refractivity contribution is -0.139. The van der Waals surface area contributed by atoms with Gasteiger partial charge in [0.2, 0.25) is 5.75 Å². The summed E-state index contributed by atoms with van der Waals surface area (Å²) in [5.41, 5.74) is 1.63. The SMILES string of the molecule is CC(C)=CCC/C(C)=C/COc1c(O)c2ccc(OCC(=O)O)cc2oc1=O. The van der Waals surface area contributed by atoms with Gasteiger partial charge in [-0.1, -0.05) is 17.2 Å². The first-order valence-electron chi connectivity index (χ1n) is 8.84. The van der Waals surface area contributed by atoms with Crippen molar-refractivity contribution < 1.29 is 28.9 Å². The quantitative estimate of drug-likeness (QED) is 0.493. The van der Waals surface area contributed by atoms with Gasteiger partial charge in [0, 0.05) is 6.07 Å². The van der Waals surface area contributed by atoms with Crippen LogP contribution in [0.4, 0.5) is 0 Å². The van der Waals surface area contributed by atoms with Gasteiger partial charge in [0.05, 0.1) is 5.39 Å². The van der Waals surface area contributed by atoms with Gasteiger partial charge in [0.1, 0.15) is 17.9 Å². The first-order valence-corrected chi connectivity index (χ1v) is 8.84. The molecule has 2 aromatic rings. The zero-order valence-corrected chi connectivity index (χ0v) is 16.2. The van der Waals surface area contributed by atoms with Crippen LogP contribution in [-0.2, 0) is 4.79 Å². The molecule has 7 heteroatoms. The average Bonchev–Trinajstić information content (AvgIpc) is 2.62. The molecule has 0 radical (unpaired) electrons. The molecule has 0 aliphatic rings. The molecule has 1 aromatic heterocycles. The largest absolute Gasteiger partial charge is 0.504 e. The number of ether oxygens (including phenoxy) is 2. The van der Waals surface area contributed by atoms with Crippen LogP contribution in [-0.4, -0.2) is 29.4 Å². The Kier molecular flexibility index (Phi) is 7.26. The van der Waals surface area contributed by atoms with E-state index in [9.17, 15) is 14.7 Å². The highest BCUT2D eigenvalue weighted by atomic mass is 16.5. The highest BCUT2D eigenvalue weighted by molar-refractivity contribution is 5.86. The minimum atomic E-state index is -1.13. The second kappa shape index (κ2) is 9.64. The van der Waals surface area contributed by atoms with Gasteiger partial charge in [0.25, 0.3) is 0 Å². The number of hydrogen-bond acceptors (Lipinski definition) is 6. The molecule has 28 heavy (non-hydrogen) atoms. The van der Waals surface area contributed by atoms with E-state index in [0.29, 0.717) is 0 Å². The smallest absolute Gasteiger partial charge is 0.383 e. The fourth-order valence-corrected chi connectivity index (χ4v) is 2.47. The van der Waals surface area contributed by atoms with Crippen molar-refractivity contribution in [2.45, 2.75) is 33.6 Å². The summed E-state index contributed by atoms with van der Waals surface area (Å²) in [6.45, 7) is 5.67. The van der Waals surface area contributed by atoms with Gasteiger partial charge in [0.15, 0.2) is 12.4 Å². The molecule has 0 bridgehead atoms. The molecule has 0 saturated carbocycles. The van der Waals surface area contributed by atoms with E-state index in [4.69, 9.17) is 19.0 Å². The van der Waals surface area contributed by atoms with Gasteiger partial charge in [-0.25, -0.2) is 9.59 Å². The molecule has 1 heterocycles. The van der Waals surface area contributed by atoms with Crippen LogP contribution in [0.2, 0.25) is 0 Å². The maximum Gasteiger partial charge on any atom is 0.383 e. The Labute approximate surface area is 162 Å². The molecule has 0 fully saturated rings. The Morgan fingerprint density at radius 3 is 2.61 bits per heavy atom. The van der Waals surface area contributed by atoms with Crippen LogP contribution in [0.25, 0.3) is 11.0 Å². The summed E-state index contributed by atoms with van der Waals surface area (Å²) in [7, 11) is 0. The predicted molar refractivity (Wildman–Crippen MR) is 105 cm³/mol. The van der Waals surface area contributed by atoms with Crippen LogP contribution in [0.3, 0.4) is 0 Å².